The Morgan fingerprint density at radius 2 is 2.31 bits per heavy atom. The van der Waals surface area contributed by atoms with Crippen molar-refractivity contribution in [1.29, 1.82) is 0 Å². The molecule has 0 aromatic rings. The first-order chi connectivity index (χ1) is 6.24. The molecule has 1 heterocycles. The van der Waals surface area contributed by atoms with Gasteiger partial charge in [-0.25, -0.2) is 8.78 Å². The van der Waals surface area contributed by atoms with E-state index in [0.29, 0.717) is 19.8 Å². The summed E-state index contributed by atoms with van der Waals surface area (Å²) in [5.41, 5.74) is 0. The molecule has 1 atom stereocenters. The maximum Gasteiger partial charge on any atom is 0.251 e. The molecular formula is C8H14BrF2NO. The molecule has 1 saturated heterocycles. The maximum absolute atomic E-state index is 12.2. The zero-order valence-corrected chi connectivity index (χ0v) is 8.97. The van der Waals surface area contributed by atoms with Gasteiger partial charge >= 0.3 is 0 Å². The highest BCUT2D eigenvalue weighted by Crippen LogP contribution is 2.14. The smallest absolute Gasteiger partial charge is 0.251 e. The van der Waals surface area contributed by atoms with Crippen molar-refractivity contribution >= 4 is 15.9 Å². The van der Waals surface area contributed by atoms with Crippen LogP contribution in [0.5, 0.6) is 0 Å². The van der Waals surface area contributed by atoms with E-state index in [9.17, 15) is 8.78 Å². The minimum Gasteiger partial charge on any atom is -0.380 e. The van der Waals surface area contributed by atoms with Crippen LogP contribution in [0.3, 0.4) is 0 Å². The summed E-state index contributed by atoms with van der Waals surface area (Å²) in [5.74, 6) is 0. The predicted molar refractivity (Wildman–Crippen MR) is 50.6 cm³/mol. The zero-order valence-electron chi connectivity index (χ0n) is 7.39. The third kappa shape index (κ3) is 3.87. The summed E-state index contributed by atoms with van der Waals surface area (Å²) in [6.07, 6.45) is -1.38. The molecule has 0 amide bonds. The molecule has 1 fully saturated rings. The molecule has 78 valence electrons. The Morgan fingerprint density at radius 1 is 1.54 bits per heavy atom. The van der Waals surface area contributed by atoms with Gasteiger partial charge in [0.15, 0.2) is 0 Å². The number of halogens is 3. The molecular weight excluding hydrogens is 244 g/mol. The lowest BCUT2D eigenvalue weighted by molar-refractivity contribution is 0.0639. The molecule has 0 bridgehead atoms. The molecule has 0 saturated carbocycles. The van der Waals surface area contributed by atoms with Crippen LogP contribution >= 0.6 is 15.9 Å². The van der Waals surface area contributed by atoms with Gasteiger partial charge in [0.05, 0.1) is 13.2 Å². The van der Waals surface area contributed by atoms with Crippen molar-refractivity contribution in [3.8, 4) is 0 Å². The normalized spacial score (nSPS) is 23.3. The largest absolute Gasteiger partial charge is 0.380 e. The van der Waals surface area contributed by atoms with Crippen LogP contribution in [-0.2, 0) is 4.74 Å². The topological polar surface area (TPSA) is 12.5 Å². The van der Waals surface area contributed by atoms with E-state index < -0.39 is 6.43 Å². The quantitative estimate of drug-likeness (QED) is 0.696. The van der Waals surface area contributed by atoms with E-state index in [1.165, 1.54) is 0 Å². The van der Waals surface area contributed by atoms with E-state index in [1.807, 2.05) is 0 Å². The fourth-order valence-electron chi connectivity index (χ4n) is 1.52. The molecule has 0 aliphatic carbocycles. The Morgan fingerprint density at radius 3 is 2.77 bits per heavy atom. The molecule has 1 rings (SSSR count). The molecule has 1 aliphatic heterocycles. The number of rotatable bonds is 5. The van der Waals surface area contributed by atoms with Crippen molar-refractivity contribution in [2.45, 2.75) is 18.9 Å². The average molecular weight is 258 g/mol. The third-order valence-corrected chi connectivity index (χ3v) is 2.52. The maximum atomic E-state index is 12.2. The summed E-state index contributed by atoms with van der Waals surface area (Å²) >= 11 is 3.26. The minimum absolute atomic E-state index is 0.139. The SMILES string of the molecule is FC(F)CN(CCBr)C1CCOC1. The van der Waals surface area contributed by atoms with Gasteiger partial charge < -0.3 is 4.74 Å². The minimum atomic E-state index is -2.25. The second-order valence-electron chi connectivity index (χ2n) is 3.09. The number of hydrogen-bond acceptors (Lipinski definition) is 2. The van der Waals surface area contributed by atoms with Crippen molar-refractivity contribution in [2.24, 2.45) is 0 Å². The first-order valence-corrected chi connectivity index (χ1v) is 5.52. The molecule has 0 aromatic heterocycles. The standard InChI is InChI=1S/C8H14BrF2NO/c9-2-3-12(5-8(10)11)7-1-4-13-6-7/h7-8H,1-6H2. The lowest BCUT2D eigenvalue weighted by atomic mass is 10.2. The third-order valence-electron chi connectivity index (χ3n) is 2.17. The van der Waals surface area contributed by atoms with Crippen LogP contribution < -0.4 is 0 Å². The second-order valence-corrected chi connectivity index (χ2v) is 3.89. The number of ether oxygens (including phenoxy) is 1. The van der Waals surface area contributed by atoms with E-state index >= 15 is 0 Å². The van der Waals surface area contributed by atoms with Crippen LogP contribution in [-0.4, -0.2) is 49.0 Å². The summed E-state index contributed by atoms with van der Waals surface area (Å²) < 4.78 is 29.5. The molecule has 0 radical (unpaired) electrons. The number of nitrogens with zero attached hydrogens (tertiary/aromatic N) is 1. The first-order valence-electron chi connectivity index (χ1n) is 4.40. The van der Waals surface area contributed by atoms with E-state index in [-0.39, 0.29) is 12.6 Å². The average Bonchev–Trinajstić information content (AvgIpc) is 2.54. The Bertz CT molecular complexity index is 142. The van der Waals surface area contributed by atoms with Gasteiger partial charge in [0, 0.05) is 24.5 Å². The van der Waals surface area contributed by atoms with Crippen LogP contribution in [0.4, 0.5) is 8.78 Å². The van der Waals surface area contributed by atoms with Crippen molar-refractivity contribution in [1.82, 2.24) is 4.90 Å². The molecule has 1 unspecified atom stereocenters. The summed E-state index contributed by atoms with van der Waals surface area (Å²) in [6.45, 7) is 1.82. The zero-order chi connectivity index (χ0) is 9.68. The Kier molecular flexibility index (Phi) is 5.13. The first kappa shape index (κ1) is 11.3. The van der Waals surface area contributed by atoms with Gasteiger partial charge in [0.2, 0.25) is 0 Å². The number of alkyl halides is 3. The molecule has 0 spiro atoms. The van der Waals surface area contributed by atoms with E-state index in [0.717, 1.165) is 11.8 Å². The lowest BCUT2D eigenvalue weighted by Gasteiger charge is -2.26. The Labute approximate surface area is 85.4 Å². The Balaban J connectivity index is 2.35. The van der Waals surface area contributed by atoms with Gasteiger partial charge in [-0.3, -0.25) is 4.90 Å². The summed E-state index contributed by atoms with van der Waals surface area (Å²) in [5, 5.41) is 0.732. The van der Waals surface area contributed by atoms with Crippen LogP contribution in [0.15, 0.2) is 0 Å². The second kappa shape index (κ2) is 5.88. The molecule has 0 N–H and O–H groups in total. The molecule has 5 heteroatoms. The van der Waals surface area contributed by atoms with Gasteiger partial charge in [-0.2, -0.15) is 0 Å². The van der Waals surface area contributed by atoms with Crippen molar-refractivity contribution in [3.63, 3.8) is 0 Å². The monoisotopic (exact) mass is 257 g/mol. The van der Waals surface area contributed by atoms with Gasteiger partial charge in [-0.1, -0.05) is 15.9 Å². The van der Waals surface area contributed by atoms with Crippen LogP contribution in [0.25, 0.3) is 0 Å². The molecule has 13 heavy (non-hydrogen) atoms. The summed E-state index contributed by atoms with van der Waals surface area (Å²) in [6, 6.07) is 0.187. The highest BCUT2D eigenvalue weighted by atomic mass is 79.9. The molecule has 1 aliphatic rings. The fourth-order valence-corrected chi connectivity index (χ4v) is 1.97. The van der Waals surface area contributed by atoms with Gasteiger partial charge in [0.1, 0.15) is 0 Å². The predicted octanol–water partition coefficient (Wildman–Crippen LogP) is 1.74. The number of hydrogen-bond donors (Lipinski definition) is 0. The lowest BCUT2D eigenvalue weighted by Crippen LogP contribution is -2.40. The van der Waals surface area contributed by atoms with Gasteiger partial charge in [0.25, 0.3) is 6.43 Å². The van der Waals surface area contributed by atoms with Crippen molar-refractivity contribution in [2.75, 3.05) is 31.6 Å². The van der Waals surface area contributed by atoms with Crippen LogP contribution in [0, 0.1) is 0 Å². The van der Waals surface area contributed by atoms with Crippen LogP contribution in [0.1, 0.15) is 6.42 Å². The van der Waals surface area contributed by atoms with E-state index in [4.69, 9.17) is 4.74 Å². The summed E-state index contributed by atoms with van der Waals surface area (Å²) in [7, 11) is 0. The molecule has 2 nitrogen and oxygen atoms in total. The van der Waals surface area contributed by atoms with Gasteiger partial charge in [-0.05, 0) is 6.42 Å². The van der Waals surface area contributed by atoms with Crippen LogP contribution in [0.2, 0.25) is 0 Å². The van der Waals surface area contributed by atoms with Crippen molar-refractivity contribution in [3.05, 3.63) is 0 Å². The molecule has 0 aromatic carbocycles. The highest BCUT2D eigenvalue weighted by Gasteiger charge is 2.24. The Hall–Kier alpha value is 0.260. The van der Waals surface area contributed by atoms with Gasteiger partial charge in [-0.15, -0.1) is 0 Å². The van der Waals surface area contributed by atoms with E-state index in [2.05, 4.69) is 15.9 Å². The van der Waals surface area contributed by atoms with Crippen molar-refractivity contribution < 1.29 is 13.5 Å². The van der Waals surface area contributed by atoms with E-state index in [1.54, 1.807) is 4.90 Å². The highest BCUT2D eigenvalue weighted by molar-refractivity contribution is 9.09. The summed E-state index contributed by atoms with van der Waals surface area (Å²) in [4.78, 5) is 1.80. The fraction of sp³-hybridized carbons (Fsp3) is 1.00.